The number of hydrogen-bond donors (Lipinski definition) is 0. The van der Waals surface area contributed by atoms with E-state index in [9.17, 15) is 0 Å². The second-order valence-corrected chi connectivity index (χ2v) is 3.12. The standard InChI is InChI=1S/C7H13N3/c1-6-2-4-7(5-3-6)9-10-8/h6-7H,2-5H2,1H3. The third kappa shape index (κ3) is 1.92. The third-order valence-corrected chi connectivity index (χ3v) is 2.20. The van der Waals surface area contributed by atoms with E-state index in [0.29, 0.717) is 6.04 Å². The van der Waals surface area contributed by atoms with E-state index in [1.54, 1.807) is 0 Å². The molecule has 0 amide bonds. The lowest BCUT2D eigenvalue weighted by Crippen LogP contribution is -2.14. The highest BCUT2D eigenvalue weighted by molar-refractivity contribution is 4.74. The molecule has 0 aromatic carbocycles. The Morgan fingerprint density at radius 3 is 2.40 bits per heavy atom. The summed E-state index contributed by atoms with van der Waals surface area (Å²) in [7, 11) is 0. The van der Waals surface area contributed by atoms with Crippen LogP contribution in [0, 0.1) is 5.92 Å². The predicted octanol–water partition coefficient (Wildman–Crippen LogP) is 2.88. The van der Waals surface area contributed by atoms with Crippen molar-refractivity contribution in [3.05, 3.63) is 10.4 Å². The minimum absolute atomic E-state index is 0.293. The molecular formula is C7H13N3. The molecule has 1 fully saturated rings. The van der Waals surface area contributed by atoms with Crippen molar-refractivity contribution in [3.63, 3.8) is 0 Å². The van der Waals surface area contributed by atoms with Crippen molar-refractivity contribution in [1.82, 2.24) is 0 Å². The maximum Gasteiger partial charge on any atom is 0.0374 e. The molecule has 1 rings (SSSR count). The average Bonchev–Trinajstić information content (AvgIpc) is 1.95. The van der Waals surface area contributed by atoms with Crippen molar-refractivity contribution in [2.75, 3.05) is 0 Å². The summed E-state index contributed by atoms with van der Waals surface area (Å²) in [4.78, 5) is 2.81. The first-order chi connectivity index (χ1) is 4.83. The van der Waals surface area contributed by atoms with Crippen LogP contribution in [-0.4, -0.2) is 6.04 Å². The fraction of sp³-hybridized carbons (Fsp3) is 1.00. The molecule has 0 unspecified atom stereocenters. The molecule has 1 aliphatic carbocycles. The van der Waals surface area contributed by atoms with Crippen LogP contribution >= 0.6 is 0 Å². The minimum atomic E-state index is 0.293. The lowest BCUT2D eigenvalue weighted by atomic mass is 9.88. The summed E-state index contributed by atoms with van der Waals surface area (Å²) in [6.07, 6.45) is 4.63. The van der Waals surface area contributed by atoms with Gasteiger partial charge < -0.3 is 0 Å². The zero-order chi connectivity index (χ0) is 7.40. The van der Waals surface area contributed by atoms with Crippen LogP contribution in [0.4, 0.5) is 0 Å². The first-order valence-corrected chi connectivity index (χ1v) is 3.87. The summed E-state index contributed by atoms with van der Waals surface area (Å²) in [6.45, 7) is 2.26. The van der Waals surface area contributed by atoms with E-state index in [-0.39, 0.29) is 0 Å². The molecule has 1 aliphatic rings. The number of nitrogens with zero attached hydrogens (tertiary/aromatic N) is 3. The van der Waals surface area contributed by atoms with Crippen LogP contribution in [0.1, 0.15) is 32.6 Å². The Kier molecular flexibility index (Phi) is 2.57. The van der Waals surface area contributed by atoms with Crippen LogP contribution in [-0.2, 0) is 0 Å². The van der Waals surface area contributed by atoms with Gasteiger partial charge in [0.2, 0.25) is 0 Å². The van der Waals surface area contributed by atoms with Crippen molar-refractivity contribution in [2.24, 2.45) is 11.0 Å². The van der Waals surface area contributed by atoms with Crippen molar-refractivity contribution in [3.8, 4) is 0 Å². The van der Waals surface area contributed by atoms with E-state index in [1.807, 2.05) is 0 Å². The number of hydrogen-bond acceptors (Lipinski definition) is 1. The smallest absolute Gasteiger partial charge is 0.0374 e. The maximum absolute atomic E-state index is 8.14. The molecule has 0 saturated heterocycles. The van der Waals surface area contributed by atoms with Gasteiger partial charge in [-0.2, -0.15) is 0 Å². The summed E-state index contributed by atoms with van der Waals surface area (Å²) in [5.41, 5.74) is 8.14. The molecular weight excluding hydrogens is 126 g/mol. The van der Waals surface area contributed by atoms with Gasteiger partial charge in [0, 0.05) is 11.0 Å². The Balaban J connectivity index is 2.32. The minimum Gasteiger partial charge on any atom is -0.0906 e. The topological polar surface area (TPSA) is 48.8 Å². The summed E-state index contributed by atoms with van der Waals surface area (Å²) in [6, 6.07) is 0.293. The Hall–Kier alpha value is -0.690. The van der Waals surface area contributed by atoms with E-state index in [1.165, 1.54) is 12.8 Å². The average molecular weight is 139 g/mol. The lowest BCUT2D eigenvalue weighted by Gasteiger charge is -2.21. The van der Waals surface area contributed by atoms with Crippen LogP contribution in [0.15, 0.2) is 5.11 Å². The second-order valence-electron chi connectivity index (χ2n) is 3.12. The molecule has 0 radical (unpaired) electrons. The second kappa shape index (κ2) is 3.47. The largest absolute Gasteiger partial charge is 0.0906 e. The quantitative estimate of drug-likeness (QED) is 0.304. The third-order valence-electron chi connectivity index (χ3n) is 2.20. The van der Waals surface area contributed by atoms with E-state index in [4.69, 9.17) is 5.53 Å². The zero-order valence-electron chi connectivity index (χ0n) is 6.32. The first kappa shape index (κ1) is 7.42. The Labute approximate surface area is 61.1 Å². The van der Waals surface area contributed by atoms with Gasteiger partial charge in [-0.25, -0.2) is 0 Å². The Morgan fingerprint density at radius 1 is 1.30 bits per heavy atom. The van der Waals surface area contributed by atoms with Gasteiger partial charge in [-0.3, -0.25) is 0 Å². The van der Waals surface area contributed by atoms with Crippen molar-refractivity contribution in [1.29, 1.82) is 0 Å². The van der Waals surface area contributed by atoms with E-state index < -0.39 is 0 Å². The van der Waals surface area contributed by atoms with Gasteiger partial charge in [-0.15, -0.1) is 0 Å². The highest BCUT2D eigenvalue weighted by atomic mass is 15.1. The number of rotatable bonds is 1. The normalized spacial score (nSPS) is 32.9. The molecule has 3 nitrogen and oxygen atoms in total. The van der Waals surface area contributed by atoms with Gasteiger partial charge in [-0.1, -0.05) is 24.9 Å². The van der Waals surface area contributed by atoms with Gasteiger partial charge in [-0.05, 0) is 24.3 Å². The molecule has 56 valence electrons. The fourth-order valence-corrected chi connectivity index (χ4v) is 1.43. The Bertz CT molecular complexity index is 141. The number of azide groups is 1. The molecule has 0 heterocycles. The van der Waals surface area contributed by atoms with Crippen LogP contribution in [0.5, 0.6) is 0 Å². The van der Waals surface area contributed by atoms with Crippen molar-refractivity contribution < 1.29 is 0 Å². The van der Waals surface area contributed by atoms with E-state index in [0.717, 1.165) is 18.8 Å². The van der Waals surface area contributed by atoms with Crippen LogP contribution in [0.25, 0.3) is 10.4 Å². The molecule has 0 atom stereocenters. The summed E-state index contributed by atoms with van der Waals surface area (Å²) in [5, 5.41) is 3.70. The molecule has 0 spiro atoms. The van der Waals surface area contributed by atoms with E-state index in [2.05, 4.69) is 16.9 Å². The molecule has 10 heavy (non-hydrogen) atoms. The highest BCUT2D eigenvalue weighted by Crippen LogP contribution is 2.25. The summed E-state index contributed by atoms with van der Waals surface area (Å²) < 4.78 is 0. The fourth-order valence-electron chi connectivity index (χ4n) is 1.43. The van der Waals surface area contributed by atoms with Crippen molar-refractivity contribution >= 4 is 0 Å². The molecule has 0 aliphatic heterocycles. The molecule has 0 bridgehead atoms. The first-order valence-electron chi connectivity index (χ1n) is 3.87. The van der Waals surface area contributed by atoms with Gasteiger partial charge in [0.25, 0.3) is 0 Å². The molecule has 3 heteroatoms. The summed E-state index contributed by atoms with van der Waals surface area (Å²) >= 11 is 0. The van der Waals surface area contributed by atoms with Gasteiger partial charge in [0.05, 0.1) is 0 Å². The molecule has 0 N–H and O–H groups in total. The maximum atomic E-state index is 8.14. The zero-order valence-corrected chi connectivity index (χ0v) is 6.32. The van der Waals surface area contributed by atoms with Gasteiger partial charge >= 0.3 is 0 Å². The monoisotopic (exact) mass is 139 g/mol. The van der Waals surface area contributed by atoms with Gasteiger partial charge in [0.15, 0.2) is 0 Å². The van der Waals surface area contributed by atoms with E-state index >= 15 is 0 Å². The SMILES string of the molecule is CC1CCC(N=[N+]=[N-])CC1. The molecule has 0 aromatic rings. The predicted molar refractivity (Wildman–Crippen MR) is 40.6 cm³/mol. The van der Waals surface area contributed by atoms with Gasteiger partial charge in [0.1, 0.15) is 0 Å². The Morgan fingerprint density at radius 2 is 1.90 bits per heavy atom. The van der Waals surface area contributed by atoms with Crippen LogP contribution < -0.4 is 0 Å². The molecule has 0 aromatic heterocycles. The molecule has 1 saturated carbocycles. The lowest BCUT2D eigenvalue weighted by molar-refractivity contribution is 0.347. The van der Waals surface area contributed by atoms with Crippen LogP contribution in [0.3, 0.4) is 0 Å². The highest BCUT2D eigenvalue weighted by Gasteiger charge is 2.15. The summed E-state index contributed by atoms with van der Waals surface area (Å²) in [5.74, 6) is 0.838. The van der Waals surface area contributed by atoms with Crippen LogP contribution in [0.2, 0.25) is 0 Å². The van der Waals surface area contributed by atoms with Crippen molar-refractivity contribution in [2.45, 2.75) is 38.6 Å².